The normalized spacial score (nSPS) is 13.0. The third kappa shape index (κ3) is 3.37. The first kappa shape index (κ1) is 15.4. The monoisotopic (exact) mass is 314 g/mol. The van der Waals surface area contributed by atoms with Gasteiger partial charge in [-0.15, -0.1) is 0 Å². The Kier molecular flexibility index (Phi) is 5.23. The van der Waals surface area contributed by atoms with Crippen molar-refractivity contribution in [1.82, 2.24) is 0 Å². The molecule has 104 valence electrons. The van der Waals surface area contributed by atoms with Gasteiger partial charge in [-0.1, -0.05) is 59.6 Å². The molecule has 0 heterocycles. The SMILES string of the molecule is N#CC[C@@H](c1ccccc1)[C@H](C#N)c1c(Cl)cccc1Cl. The summed E-state index contributed by atoms with van der Waals surface area (Å²) in [5.41, 5.74) is 1.52. The van der Waals surface area contributed by atoms with Crippen molar-refractivity contribution < 1.29 is 0 Å². The molecule has 0 aliphatic rings. The van der Waals surface area contributed by atoms with Gasteiger partial charge in [-0.3, -0.25) is 0 Å². The second kappa shape index (κ2) is 7.14. The molecule has 0 amide bonds. The van der Waals surface area contributed by atoms with Crippen LogP contribution in [0.3, 0.4) is 0 Å². The highest BCUT2D eigenvalue weighted by atomic mass is 35.5. The Bertz CT molecular complexity index is 679. The molecule has 0 aliphatic carbocycles. The molecular weight excluding hydrogens is 303 g/mol. The van der Waals surface area contributed by atoms with Gasteiger partial charge in [0.05, 0.1) is 18.1 Å². The summed E-state index contributed by atoms with van der Waals surface area (Å²) in [5, 5.41) is 19.6. The number of hydrogen-bond donors (Lipinski definition) is 0. The van der Waals surface area contributed by atoms with Crippen molar-refractivity contribution in [3.8, 4) is 12.1 Å². The van der Waals surface area contributed by atoms with Gasteiger partial charge in [0.1, 0.15) is 0 Å². The predicted octanol–water partition coefficient (Wildman–Crippen LogP) is 5.30. The molecule has 0 fully saturated rings. The van der Waals surface area contributed by atoms with Crippen LogP contribution in [0, 0.1) is 22.7 Å². The van der Waals surface area contributed by atoms with Gasteiger partial charge < -0.3 is 0 Å². The molecule has 0 saturated carbocycles. The molecule has 2 rings (SSSR count). The van der Waals surface area contributed by atoms with Crippen LogP contribution in [0.4, 0.5) is 0 Å². The molecule has 0 N–H and O–H groups in total. The van der Waals surface area contributed by atoms with E-state index in [0.717, 1.165) is 5.56 Å². The van der Waals surface area contributed by atoms with E-state index in [0.29, 0.717) is 15.6 Å². The molecule has 4 heteroatoms. The first-order chi connectivity index (χ1) is 10.2. The van der Waals surface area contributed by atoms with Crippen molar-refractivity contribution in [1.29, 1.82) is 10.5 Å². The van der Waals surface area contributed by atoms with Gasteiger partial charge in [-0.2, -0.15) is 10.5 Å². The Morgan fingerprint density at radius 2 is 1.52 bits per heavy atom. The lowest BCUT2D eigenvalue weighted by atomic mass is 9.80. The number of nitrogens with zero attached hydrogens (tertiary/aromatic N) is 2. The fraction of sp³-hybridized carbons (Fsp3) is 0.176. The summed E-state index contributed by atoms with van der Waals surface area (Å²) in [4.78, 5) is 0. The minimum Gasteiger partial charge on any atom is -0.198 e. The highest BCUT2D eigenvalue weighted by Crippen LogP contribution is 2.41. The summed E-state index contributed by atoms with van der Waals surface area (Å²) in [5.74, 6) is -0.827. The van der Waals surface area contributed by atoms with E-state index in [-0.39, 0.29) is 12.3 Å². The first-order valence-electron chi connectivity index (χ1n) is 6.44. The van der Waals surface area contributed by atoms with Crippen molar-refractivity contribution in [2.24, 2.45) is 0 Å². The van der Waals surface area contributed by atoms with E-state index in [9.17, 15) is 5.26 Å². The first-order valence-corrected chi connectivity index (χ1v) is 7.20. The number of nitriles is 2. The third-order valence-corrected chi connectivity index (χ3v) is 4.05. The summed E-state index contributed by atoms with van der Waals surface area (Å²) in [7, 11) is 0. The number of benzene rings is 2. The zero-order valence-corrected chi connectivity index (χ0v) is 12.6. The zero-order chi connectivity index (χ0) is 15.2. The van der Waals surface area contributed by atoms with Crippen molar-refractivity contribution in [2.45, 2.75) is 18.3 Å². The lowest BCUT2D eigenvalue weighted by molar-refractivity contribution is 0.641. The minimum atomic E-state index is -0.562. The second-order valence-corrected chi connectivity index (χ2v) is 5.44. The quantitative estimate of drug-likeness (QED) is 0.769. The van der Waals surface area contributed by atoms with Crippen molar-refractivity contribution >= 4 is 23.2 Å². The van der Waals surface area contributed by atoms with E-state index in [2.05, 4.69) is 12.1 Å². The van der Waals surface area contributed by atoms with Crippen LogP contribution in [0.25, 0.3) is 0 Å². The molecule has 0 bridgehead atoms. The topological polar surface area (TPSA) is 47.6 Å². The van der Waals surface area contributed by atoms with Crippen LogP contribution in [-0.2, 0) is 0 Å². The van der Waals surface area contributed by atoms with Gasteiger partial charge in [0.25, 0.3) is 0 Å². The predicted molar refractivity (Wildman–Crippen MR) is 84.2 cm³/mol. The molecular formula is C17H12Cl2N2. The van der Waals surface area contributed by atoms with Crippen LogP contribution in [0.15, 0.2) is 48.5 Å². The Morgan fingerprint density at radius 1 is 0.905 bits per heavy atom. The average Bonchev–Trinajstić information content (AvgIpc) is 2.50. The summed E-state index contributed by atoms with van der Waals surface area (Å²) in [6, 6.07) is 19.1. The lowest BCUT2D eigenvalue weighted by Gasteiger charge is -2.22. The third-order valence-electron chi connectivity index (χ3n) is 3.39. The molecule has 2 nitrogen and oxygen atoms in total. The van der Waals surface area contributed by atoms with E-state index < -0.39 is 5.92 Å². The van der Waals surface area contributed by atoms with Crippen LogP contribution in [0.5, 0.6) is 0 Å². The van der Waals surface area contributed by atoms with E-state index in [1.54, 1.807) is 18.2 Å². The van der Waals surface area contributed by atoms with Gasteiger partial charge in [0.2, 0.25) is 0 Å². The van der Waals surface area contributed by atoms with Gasteiger partial charge in [-0.25, -0.2) is 0 Å². The average molecular weight is 315 g/mol. The fourth-order valence-electron chi connectivity index (χ4n) is 2.39. The number of rotatable bonds is 4. The largest absolute Gasteiger partial charge is 0.198 e. The maximum Gasteiger partial charge on any atom is 0.0820 e. The van der Waals surface area contributed by atoms with Crippen LogP contribution in [-0.4, -0.2) is 0 Å². The van der Waals surface area contributed by atoms with Crippen LogP contribution in [0.2, 0.25) is 10.0 Å². The summed E-state index contributed by atoms with van der Waals surface area (Å²) in [6.45, 7) is 0. The van der Waals surface area contributed by atoms with Gasteiger partial charge in [0, 0.05) is 27.9 Å². The molecule has 0 spiro atoms. The van der Waals surface area contributed by atoms with Crippen LogP contribution in [0.1, 0.15) is 29.4 Å². The second-order valence-electron chi connectivity index (χ2n) is 4.62. The van der Waals surface area contributed by atoms with E-state index >= 15 is 0 Å². The molecule has 0 unspecified atom stereocenters. The zero-order valence-electron chi connectivity index (χ0n) is 11.1. The standard InChI is InChI=1S/C17H12Cl2N2/c18-15-7-4-8-16(19)17(15)14(11-21)13(9-10-20)12-5-2-1-3-6-12/h1-8,13-14H,9H2/t13-,14-/m0/s1. The molecule has 0 aliphatic heterocycles. The van der Waals surface area contributed by atoms with E-state index in [1.807, 2.05) is 30.3 Å². The Morgan fingerprint density at radius 3 is 2.05 bits per heavy atom. The van der Waals surface area contributed by atoms with Crippen LogP contribution < -0.4 is 0 Å². The number of halogens is 2. The van der Waals surface area contributed by atoms with Crippen molar-refractivity contribution in [3.63, 3.8) is 0 Å². The molecule has 0 radical (unpaired) electrons. The van der Waals surface area contributed by atoms with Gasteiger partial charge in [0.15, 0.2) is 0 Å². The molecule has 2 aromatic carbocycles. The van der Waals surface area contributed by atoms with E-state index in [4.69, 9.17) is 28.5 Å². The maximum absolute atomic E-state index is 9.61. The minimum absolute atomic E-state index is 0.226. The van der Waals surface area contributed by atoms with E-state index in [1.165, 1.54) is 0 Å². The van der Waals surface area contributed by atoms with Crippen molar-refractivity contribution in [2.75, 3.05) is 0 Å². The molecule has 2 atom stereocenters. The van der Waals surface area contributed by atoms with Crippen LogP contribution >= 0.6 is 23.2 Å². The summed E-state index contributed by atoms with van der Waals surface area (Å²) in [6.07, 6.45) is 0.226. The maximum atomic E-state index is 9.61. The molecule has 21 heavy (non-hydrogen) atoms. The van der Waals surface area contributed by atoms with Gasteiger partial charge >= 0.3 is 0 Å². The summed E-state index contributed by atoms with van der Waals surface area (Å²) >= 11 is 12.4. The highest BCUT2D eigenvalue weighted by molar-refractivity contribution is 6.36. The highest BCUT2D eigenvalue weighted by Gasteiger charge is 2.28. The molecule has 2 aromatic rings. The smallest absolute Gasteiger partial charge is 0.0820 e. The fourth-order valence-corrected chi connectivity index (χ4v) is 3.02. The lowest BCUT2D eigenvalue weighted by Crippen LogP contribution is -2.11. The molecule has 0 aromatic heterocycles. The Labute approximate surface area is 134 Å². The Balaban J connectivity index is 2.52. The molecule has 0 saturated heterocycles. The number of hydrogen-bond acceptors (Lipinski definition) is 2. The Hall–Kier alpha value is -2.00. The van der Waals surface area contributed by atoms with Gasteiger partial charge in [-0.05, 0) is 17.7 Å². The summed E-state index contributed by atoms with van der Waals surface area (Å²) < 4.78 is 0. The van der Waals surface area contributed by atoms with Crippen molar-refractivity contribution in [3.05, 3.63) is 69.7 Å².